The number of sulfonamides is 1. The number of hydrogen-bond donors (Lipinski definition) is 0. The summed E-state index contributed by atoms with van der Waals surface area (Å²) < 4.78 is 46.2. The van der Waals surface area contributed by atoms with E-state index in [2.05, 4.69) is 10.3 Å². The van der Waals surface area contributed by atoms with Crippen LogP contribution in [0.5, 0.6) is 0 Å². The lowest BCUT2D eigenvalue weighted by atomic mass is 10.2. The molecular weight excluding hydrogens is 487 g/mol. The molecule has 1 aromatic heterocycles. The van der Waals surface area contributed by atoms with Crippen LogP contribution in [0.25, 0.3) is 10.9 Å². The van der Waals surface area contributed by atoms with Gasteiger partial charge in [-0.3, -0.25) is 9.10 Å². The highest BCUT2D eigenvalue weighted by atomic mass is 35.5. The van der Waals surface area contributed by atoms with Crippen molar-refractivity contribution in [3.8, 4) is 0 Å². The monoisotopic (exact) mass is 502 g/mol. The molecule has 0 aliphatic carbocycles. The van der Waals surface area contributed by atoms with Gasteiger partial charge in [0.25, 0.3) is 15.6 Å². The van der Waals surface area contributed by atoms with E-state index in [1.807, 2.05) is 0 Å². The molecular formula is C22H16ClFN4O5S. The second kappa shape index (κ2) is 9.20. The molecule has 0 N–H and O–H groups in total. The van der Waals surface area contributed by atoms with Gasteiger partial charge in [-0.25, -0.2) is 17.6 Å². The topological polar surface area (TPSA) is 111 Å². The summed E-state index contributed by atoms with van der Waals surface area (Å²) in [5, 5.41) is 7.87. The number of hydrogen-bond acceptors (Lipinski definition) is 7. The molecule has 4 rings (SSSR count). The zero-order valence-corrected chi connectivity index (χ0v) is 19.1. The van der Waals surface area contributed by atoms with E-state index in [4.69, 9.17) is 16.3 Å². The first-order chi connectivity index (χ1) is 16.2. The number of carbonyl (C=O) groups excluding carboxylic acids is 1. The quantitative estimate of drug-likeness (QED) is 0.372. The van der Waals surface area contributed by atoms with E-state index in [-0.39, 0.29) is 21.2 Å². The average Bonchev–Trinajstić information content (AvgIpc) is 2.83. The van der Waals surface area contributed by atoms with Crippen LogP contribution in [-0.2, 0) is 21.5 Å². The van der Waals surface area contributed by atoms with E-state index in [0.717, 1.165) is 27.2 Å². The summed E-state index contributed by atoms with van der Waals surface area (Å²) in [6.45, 7) is -0.557. The Hall–Kier alpha value is -3.83. The smallest absolute Gasteiger partial charge is 0.341 e. The molecule has 0 radical (unpaired) electrons. The Morgan fingerprint density at radius 3 is 2.56 bits per heavy atom. The van der Waals surface area contributed by atoms with Crippen LogP contribution < -0.4 is 9.86 Å². The Labute approximate surface area is 198 Å². The van der Waals surface area contributed by atoms with Crippen LogP contribution in [0.15, 0.2) is 76.4 Å². The molecule has 0 aliphatic heterocycles. The van der Waals surface area contributed by atoms with Crippen LogP contribution in [0, 0.1) is 5.82 Å². The average molecular weight is 503 g/mol. The molecule has 3 aromatic carbocycles. The standard InChI is InChI=1S/C22H16ClFN4O5S/c1-27(15-8-6-14(24)7-9-15)34(31,32)16-10-11-19(23)18(12-16)22(30)33-13-28-21(29)17-4-2-3-5-20(17)25-26-28/h2-12H,13H2,1H3. The van der Waals surface area contributed by atoms with Crippen molar-refractivity contribution >= 4 is 44.2 Å². The number of halogens is 2. The molecule has 0 aliphatic rings. The van der Waals surface area contributed by atoms with Crippen molar-refractivity contribution in [1.82, 2.24) is 15.0 Å². The van der Waals surface area contributed by atoms with Gasteiger partial charge in [-0.15, -0.1) is 5.10 Å². The lowest BCUT2D eigenvalue weighted by Crippen LogP contribution is -2.27. The van der Waals surface area contributed by atoms with Crippen molar-refractivity contribution < 1.29 is 22.3 Å². The van der Waals surface area contributed by atoms with Gasteiger partial charge in [0.2, 0.25) is 0 Å². The molecule has 9 nitrogen and oxygen atoms in total. The van der Waals surface area contributed by atoms with Crippen molar-refractivity contribution in [2.45, 2.75) is 11.6 Å². The fraction of sp³-hybridized carbons (Fsp3) is 0.0909. The van der Waals surface area contributed by atoms with Gasteiger partial charge in [0.15, 0.2) is 6.73 Å². The van der Waals surface area contributed by atoms with Gasteiger partial charge in [-0.05, 0) is 54.6 Å². The maximum atomic E-state index is 13.2. The maximum Gasteiger partial charge on any atom is 0.341 e. The van der Waals surface area contributed by atoms with Gasteiger partial charge < -0.3 is 4.74 Å². The van der Waals surface area contributed by atoms with E-state index in [1.54, 1.807) is 24.3 Å². The molecule has 0 atom stereocenters. The van der Waals surface area contributed by atoms with Gasteiger partial charge in [0, 0.05) is 7.05 Å². The number of fused-ring (bicyclic) bond motifs is 1. The summed E-state index contributed by atoms with van der Waals surface area (Å²) >= 11 is 6.10. The number of anilines is 1. The first kappa shape index (κ1) is 23.3. The highest BCUT2D eigenvalue weighted by Crippen LogP contribution is 2.26. The third-order valence-corrected chi connectivity index (χ3v) is 7.06. The second-order valence-corrected chi connectivity index (χ2v) is 9.44. The highest BCUT2D eigenvalue weighted by Gasteiger charge is 2.24. The molecule has 0 fully saturated rings. The minimum absolute atomic E-state index is 0.0506. The third-order valence-electron chi connectivity index (χ3n) is 4.95. The lowest BCUT2D eigenvalue weighted by Gasteiger charge is -2.20. The molecule has 0 saturated heterocycles. The Morgan fingerprint density at radius 1 is 1.12 bits per heavy atom. The van der Waals surface area contributed by atoms with E-state index >= 15 is 0 Å². The van der Waals surface area contributed by atoms with Crippen LogP contribution in [0.2, 0.25) is 5.02 Å². The molecule has 174 valence electrons. The SMILES string of the molecule is CN(c1ccc(F)cc1)S(=O)(=O)c1ccc(Cl)c(C(=O)OCn2nnc3ccccc3c2=O)c1. The number of ether oxygens (including phenoxy) is 1. The summed E-state index contributed by atoms with van der Waals surface area (Å²) in [4.78, 5) is 24.9. The number of rotatable bonds is 6. The first-order valence-electron chi connectivity index (χ1n) is 9.72. The van der Waals surface area contributed by atoms with E-state index in [0.29, 0.717) is 10.9 Å². The molecule has 4 aromatic rings. The van der Waals surface area contributed by atoms with E-state index in [9.17, 15) is 22.4 Å². The fourth-order valence-electron chi connectivity index (χ4n) is 3.07. The Morgan fingerprint density at radius 2 is 1.82 bits per heavy atom. The van der Waals surface area contributed by atoms with Gasteiger partial charge in [0.1, 0.15) is 11.3 Å². The summed E-state index contributed by atoms with van der Waals surface area (Å²) in [6.07, 6.45) is 0. The largest absolute Gasteiger partial charge is 0.438 e. The number of esters is 1. The zero-order chi connectivity index (χ0) is 24.5. The van der Waals surface area contributed by atoms with Gasteiger partial charge >= 0.3 is 5.97 Å². The van der Waals surface area contributed by atoms with Crippen LogP contribution in [0.3, 0.4) is 0 Å². The van der Waals surface area contributed by atoms with Crippen molar-refractivity contribution in [2.24, 2.45) is 0 Å². The van der Waals surface area contributed by atoms with E-state index < -0.39 is 34.1 Å². The molecule has 0 bridgehead atoms. The lowest BCUT2D eigenvalue weighted by molar-refractivity contribution is 0.0336. The van der Waals surface area contributed by atoms with Crippen molar-refractivity contribution in [3.63, 3.8) is 0 Å². The fourth-order valence-corrected chi connectivity index (χ4v) is 4.49. The summed E-state index contributed by atoms with van der Waals surface area (Å²) in [5.74, 6) is -1.48. The Kier molecular flexibility index (Phi) is 6.31. The maximum absolute atomic E-state index is 13.2. The van der Waals surface area contributed by atoms with E-state index in [1.165, 1.54) is 31.3 Å². The van der Waals surface area contributed by atoms with Gasteiger partial charge in [-0.1, -0.05) is 28.9 Å². The molecule has 34 heavy (non-hydrogen) atoms. The molecule has 0 amide bonds. The minimum atomic E-state index is -4.11. The number of benzene rings is 3. The molecule has 12 heteroatoms. The molecule has 0 unspecified atom stereocenters. The van der Waals surface area contributed by atoms with Crippen molar-refractivity contribution in [1.29, 1.82) is 0 Å². The predicted octanol–water partition coefficient (Wildman–Crippen LogP) is 3.22. The van der Waals surface area contributed by atoms with Crippen LogP contribution in [0.4, 0.5) is 10.1 Å². The Bertz CT molecular complexity index is 1560. The zero-order valence-electron chi connectivity index (χ0n) is 17.6. The van der Waals surface area contributed by atoms with Gasteiger partial charge in [0.05, 0.1) is 26.6 Å². The normalized spacial score (nSPS) is 11.4. The summed E-state index contributed by atoms with van der Waals surface area (Å²) in [5.41, 5.74) is -0.130. The van der Waals surface area contributed by atoms with Crippen molar-refractivity contribution in [3.05, 3.63) is 93.5 Å². The summed E-state index contributed by atoms with van der Waals surface area (Å²) in [6, 6.07) is 15.0. The highest BCUT2D eigenvalue weighted by molar-refractivity contribution is 7.92. The minimum Gasteiger partial charge on any atom is -0.438 e. The summed E-state index contributed by atoms with van der Waals surface area (Å²) in [7, 11) is -2.82. The van der Waals surface area contributed by atoms with Crippen LogP contribution >= 0.6 is 11.6 Å². The molecule has 1 heterocycles. The van der Waals surface area contributed by atoms with Crippen LogP contribution in [0.1, 0.15) is 10.4 Å². The molecule has 0 saturated carbocycles. The first-order valence-corrected chi connectivity index (χ1v) is 11.5. The van der Waals surface area contributed by atoms with Crippen molar-refractivity contribution in [2.75, 3.05) is 11.4 Å². The predicted molar refractivity (Wildman–Crippen MR) is 123 cm³/mol. The number of carbonyl (C=O) groups is 1. The third kappa shape index (κ3) is 4.47. The second-order valence-electron chi connectivity index (χ2n) is 7.06. The number of nitrogens with zero attached hydrogens (tertiary/aromatic N) is 4. The van der Waals surface area contributed by atoms with Gasteiger partial charge in [-0.2, -0.15) is 4.68 Å². The Balaban J connectivity index is 1.58. The number of aromatic nitrogens is 3. The van der Waals surface area contributed by atoms with Crippen LogP contribution in [-0.4, -0.2) is 36.4 Å². The molecule has 0 spiro atoms.